The van der Waals surface area contributed by atoms with E-state index in [1.165, 1.54) is 31.9 Å². The molecule has 2 saturated carbocycles. The van der Waals surface area contributed by atoms with Crippen LogP contribution in [0.1, 0.15) is 105 Å². The van der Waals surface area contributed by atoms with Gasteiger partial charge in [-0.05, 0) is 68.6 Å². The summed E-state index contributed by atoms with van der Waals surface area (Å²) < 4.78 is 18.7. The van der Waals surface area contributed by atoms with E-state index in [-0.39, 0.29) is 24.4 Å². The van der Waals surface area contributed by atoms with Crippen molar-refractivity contribution in [1.82, 2.24) is 20.9 Å². The SMILES string of the molecule is CC(NC=O)C(=O)C(N)=O.CC1CC1.CC1CCCN1C(=O)C(NC(=O)NC1(C(=O)OCc2ccc(F)cc2)CCCCC1)C(C)(C)C. The maximum Gasteiger partial charge on any atom is 0.332 e. The average molecular weight is 676 g/mol. The number of primary amides is 1. The highest BCUT2D eigenvalue weighted by atomic mass is 19.1. The fraction of sp³-hybridized carbons (Fsp3) is 0.657. The highest BCUT2D eigenvalue weighted by molar-refractivity contribution is 6.37. The molecule has 48 heavy (non-hydrogen) atoms. The van der Waals surface area contributed by atoms with Gasteiger partial charge in [0.05, 0.1) is 6.04 Å². The number of halogens is 1. The van der Waals surface area contributed by atoms with Gasteiger partial charge in [0.25, 0.3) is 5.91 Å². The Labute approximate surface area is 283 Å². The molecule has 12 nitrogen and oxygen atoms in total. The van der Waals surface area contributed by atoms with Crippen LogP contribution in [-0.4, -0.2) is 71.1 Å². The van der Waals surface area contributed by atoms with Crippen LogP contribution < -0.4 is 21.7 Å². The van der Waals surface area contributed by atoms with Crippen molar-refractivity contribution in [3.63, 3.8) is 0 Å². The Bertz CT molecular complexity index is 1260. The lowest BCUT2D eigenvalue weighted by Crippen LogP contribution is -2.63. The number of carbonyl (C=O) groups excluding carboxylic acids is 6. The fourth-order valence-electron chi connectivity index (χ4n) is 5.42. The highest BCUT2D eigenvalue weighted by Gasteiger charge is 2.44. The van der Waals surface area contributed by atoms with E-state index in [0.717, 1.165) is 38.0 Å². The predicted octanol–water partition coefficient (Wildman–Crippen LogP) is 3.89. The quantitative estimate of drug-likeness (QED) is 0.165. The van der Waals surface area contributed by atoms with Crippen LogP contribution in [0.3, 0.4) is 0 Å². The zero-order valence-electron chi connectivity index (χ0n) is 29.2. The summed E-state index contributed by atoms with van der Waals surface area (Å²) in [5.41, 5.74) is 3.65. The van der Waals surface area contributed by atoms with E-state index in [0.29, 0.717) is 31.4 Å². The lowest BCUT2D eigenvalue weighted by Gasteiger charge is -2.38. The largest absolute Gasteiger partial charge is 0.459 e. The minimum absolute atomic E-state index is 0.000112. The van der Waals surface area contributed by atoms with Crippen molar-refractivity contribution in [2.45, 2.75) is 130 Å². The minimum Gasteiger partial charge on any atom is -0.459 e. The molecule has 13 heteroatoms. The van der Waals surface area contributed by atoms with Gasteiger partial charge in [0.1, 0.15) is 24.0 Å². The summed E-state index contributed by atoms with van der Waals surface area (Å²) in [7, 11) is 0. The van der Waals surface area contributed by atoms with Gasteiger partial charge < -0.3 is 31.3 Å². The first kappa shape index (κ1) is 40.1. The molecule has 5 N–H and O–H groups in total. The third-order valence-electron chi connectivity index (χ3n) is 8.78. The van der Waals surface area contributed by atoms with Gasteiger partial charge >= 0.3 is 12.0 Å². The molecule has 0 bridgehead atoms. The van der Waals surface area contributed by atoms with Crippen LogP contribution in [0.25, 0.3) is 0 Å². The number of hydrogen-bond acceptors (Lipinski definition) is 7. The first-order valence-electron chi connectivity index (χ1n) is 16.8. The zero-order valence-corrected chi connectivity index (χ0v) is 29.2. The predicted molar refractivity (Wildman–Crippen MR) is 179 cm³/mol. The molecule has 0 aromatic heterocycles. The molecular weight excluding hydrogens is 621 g/mol. The number of benzene rings is 1. The molecule has 3 fully saturated rings. The number of rotatable bonds is 10. The summed E-state index contributed by atoms with van der Waals surface area (Å²) in [6.07, 6.45) is 8.73. The summed E-state index contributed by atoms with van der Waals surface area (Å²) in [6, 6.07) is 3.82. The van der Waals surface area contributed by atoms with E-state index in [9.17, 15) is 33.2 Å². The van der Waals surface area contributed by atoms with E-state index in [2.05, 4.69) is 28.6 Å². The number of likely N-dealkylation sites (tertiary alicyclic amines) is 1. The Morgan fingerprint density at radius 1 is 1.02 bits per heavy atom. The molecule has 3 aliphatic rings. The molecule has 1 aliphatic heterocycles. The molecule has 0 spiro atoms. The second kappa shape index (κ2) is 18.5. The first-order valence-corrected chi connectivity index (χ1v) is 16.8. The summed E-state index contributed by atoms with van der Waals surface area (Å²) in [5, 5.41) is 7.85. The summed E-state index contributed by atoms with van der Waals surface area (Å²) >= 11 is 0. The van der Waals surface area contributed by atoms with Crippen molar-refractivity contribution in [3.8, 4) is 0 Å². The van der Waals surface area contributed by atoms with Gasteiger partial charge in [-0.1, -0.05) is 71.9 Å². The Morgan fingerprint density at radius 3 is 2.06 bits per heavy atom. The molecule has 0 radical (unpaired) electrons. The maximum atomic E-state index is 13.3. The molecule has 2 aliphatic carbocycles. The third-order valence-corrected chi connectivity index (χ3v) is 8.78. The Kier molecular flexibility index (Phi) is 15.5. The number of ether oxygens (including phenoxy) is 1. The molecule has 4 rings (SSSR count). The van der Waals surface area contributed by atoms with E-state index in [4.69, 9.17) is 4.74 Å². The summed E-state index contributed by atoms with van der Waals surface area (Å²) in [5.74, 6) is -1.71. The van der Waals surface area contributed by atoms with E-state index >= 15 is 0 Å². The van der Waals surface area contributed by atoms with Gasteiger partial charge in [0, 0.05) is 12.6 Å². The van der Waals surface area contributed by atoms with E-state index in [1.807, 2.05) is 32.6 Å². The summed E-state index contributed by atoms with van der Waals surface area (Å²) in [6.45, 7) is 12.1. The number of Topliss-reactive ketones (excluding diaryl/α,β-unsaturated/α-hetero) is 1. The van der Waals surface area contributed by atoms with Crippen LogP contribution in [0.15, 0.2) is 24.3 Å². The fourth-order valence-corrected chi connectivity index (χ4v) is 5.42. The minimum atomic E-state index is -1.14. The van der Waals surface area contributed by atoms with Crippen molar-refractivity contribution in [1.29, 1.82) is 0 Å². The van der Waals surface area contributed by atoms with Crippen LogP contribution in [0, 0.1) is 17.2 Å². The average Bonchev–Trinajstić information content (AvgIpc) is 3.70. The topological polar surface area (TPSA) is 177 Å². The normalized spacial score (nSPS) is 19.5. The molecule has 1 aromatic rings. The van der Waals surface area contributed by atoms with E-state index in [1.54, 1.807) is 12.1 Å². The van der Waals surface area contributed by atoms with Crippen molar-refractivity contribution in [2.75, 3.05) is 6.54 Å². The Morgan fingerprint density at radius 2 is 1.60 bits per heavy atom. The van der Waals surface area contributed by atoms with E-state index < -0.39 is 46.7 Å². The standard InChI is InChI=1S/C26H38FN3O4.C5H8N2O3.C4H8/c1-18-9-8-16-30(18)22(31)21(25(2,3)4)28-24(33)29-26(14-6-5-7-15-26)23(32)34-17-19-10-12-20(27)13-11-19;1-3(7-2-8)4(9)5(6)10;1-4-2-3-4/h10-13,18,21H,5-9,14-17H2,1-4H3,(H2,28,29,33);2-3H,1H3,(H2,6,10)(H,7,8);4H,2-3H2,1H3. The first-order chi connectivity index (χ1) is 22.5. The molecule has 268 valence electrons. The van der Waals surface area contributed by atoms with Crippen molar-refractivity contribution in [2.24, 2.45) is 17.1 Å². The van der Waals surface area contributed by atoms with Crippen LogP contribution in [0.2, 0.25) is 0 Å². The number of esters is 1. The van der Waals surface area contributed by atoms with Crippen molar-refractivity contribution in [3.05, 3.63) is 35.6 Å². The van der Waals surface area contributed by atoms with Gasteiger partial charge in [-0.2, -0.15) is 0 Å². The number of nitrogens with one attached hydrogen (secondary N) is 3. The number of amides is 5. The van der Waals surface area contributed by atoms with Gasteiger partial charge in [-0.15, -0.1) is 0 Å². The molecule has 1 heterocycles. The summed E-state index contributed by atoms with van der Waals surface area (Å²) in [4.78, 5) is 71.8. The van der Waals surface area contributed by atoms with Crippen LogP contribution >= 0.6 is 0 Å². The smallest absolute Gasteiger partial charge is 0.332 e. The number of ketones is 1. The second-order valence-electron chi connectivity index (χ2n) is 14.2. The monoisotopic (exact) mass is 675 g/mol. The molecule has 1 saturated heterocycles. The second-order valence-corrected chi connectivity index (χ2v) is 14.2. The lowest BCUT2D eigenvalue weighted by molar-refractivity contribution is -0.154. The van der Waals surface area contributed by atoms with Crippen LogP contribution in [0.5, 0.6) is 0 Å². The molecule has 1 aromatic carbocycles. The Balaban J connectivity index is 0.000000474. The number of carbonyl (C=O) groups is 6. The zero-order chi connectivity index (χ0) is 36.1. The van der Waals surface area contributed by atoms with Crippen LogP contribution in [-0.2, 0) is 35.3 Å². The van der Waals surface area contributed by atoms with Crippen LogP contribution in [0.4, 0.5) is 9.18 Å². The number of hydrogen-bond donors (Lipinski definition) is 4. The number of nitrogens with zero attached hydrogens (tertiary/aromatic N) is 1. The molecular formula is C35H54FN5O7. The molecule has 3 atom stereocenters. The number of nitrogens with two attached hydrogens (primary N) is 1. The third kappa shape index (κ3) is 12.9. The highest BCUT2D eigenvalue weighted by Crippen LogP contribution is 2.31. The van der Waals surface area contributed by atoms with Gasteiger partial charge in [0.15, 0.2) is 0 Å². The molecule has 5 amide bonds. The van der Waals surface area contributed by atoms with Crippen molar-refractivity contribution >= 4 is 36.0 Å². The lowest BCUT2D eigenvalue weighted by atomic mass is 9.81. The molecule has 3 unspecified atom stereocenters. The Hall–Kier alpha value is -4.03. The van der Waals surface area contributed by atoms with Gasteiger partial charge in [-0.25, -0.2) is 14.0 Å². The number of urea groups is 1. The van der Waals surface area contributed by atoms with Gasteiger partial charge in [-0.3, -0.25) is 19.2 Å². The van der Waals surface area contributed by atoms with Gasteiger partial charge in [0.2, 0.25) is 18.1 Å². The maximum absolute atomic E-state index is 13.3. The van der Waals surface area contributed by atoms with Crippen molar-refractivity contribution < 1.29 is 37.9 Å².